The number of rotatable bonds is 5. The number of hydrogen-bond donors (Lipinski definition) is 2. The van der Waals surface area contributed by atoms with Crippen molar-refractivity contribution in [3.63, 3.8) is 0 Å². The van der Waals surface area contributed by atoms with Gasteiger partial charge in [-0.1, -0.05) is 6.07 Å². The summed E-state index contributed by atoms with van der Waals surface area (Å²) in [7, 11) is 0. The Bertz CT molecular complexity index is 352. The highest BCUT2D eigenvalue weighted by atomic mass is 19.4. The van der Waals surface area contributed by atoms with Crippen molar-refractivity contribution in [2.45, 2.75) is 38.4 Å². The summed E-state index contributed by atoms with van der Waals surface area (Å²) in [5, 5.41) is 0. The number of alkyl halides is 3. The number of aromatic nitrogens is 1. The lowest BCUT2D eigenvalue weighted by Gasteiger charge is -2.16. The van der Waals surface area contributed by atoms with Gasteiger partial charge in [-0.2, -0.15) is 13.2 Å². The fourth-order valence-electron chi connectivity index (χ4n) is 1.58. The van der Waals surface area contributed by atoms with Crippen LogP contribution < -0.4 is 11.3 Å². The lowest BCUT2D eigenvalue weighted by Crippen LogP contribution is -2.29. The Kier molecular flexibility index (Phi) is 4.89. The topological polar surface area (TPSA) is 50.9 Å². The number of nitrogens with two attached hydrogens (primary N) is 1. The van der Waals surface area contributed by atoms with Crippen molar-refractivity contribution in [3.05, 3.63) is 29.6 Å². The Morgan fingerprint density at radius 1 is 1.41 bits per heavy atom. The van der Waals surface area contributed by atoms with Crippen molar-refractivity contribution in [2.24, 2.45) is 5.84 Å². The predicted molar refractivity (Wildman–Crippen MR) is 58.9 cm³/mol. The van der Waals surface area contributed by atoms with Gasteiger partial charge in [0.1, 0.15) is 0 Å². The standard InChI is InChI=1S/C11H16F3N3/c1-8-4-2-5-9(16-8)10(17-15)6-3-7-11(12,13)14/h2,4-5,10,17H,3,6-7,15H2,1H3. The molecule has 1 aromatic heterocycles. The van der Waals surface area contributed by atoms with Crippen molar-refractivity contribution in [1.82, 2.24) is 10.4 Å². The average molecular weight is 247 g/mol. The molecular weight excluding hydrogens is 231 g/mol. The van der Waals surface area contributed by atoms with E-state index < -0.39 is 12.6 Å². The molecule has 0 aliphatic carbocycles. The molecule has 0 fully saturated rings. The maximum atomic E-state index is 12.0. The molecule has 0 aromatic carbocycles. The van der Waals surface area contributed by atoms with E-state index >= 15 is 0 Å². The van der Waals surface area contributed by atoms with E-state index in [1.54, 1.807) is 6.07 Å². The van der Waals surface area contributed by atoms with Crippen LogP contribution in [0, 0.1) is 6.92 Å². The first-order chi connectivity index (χ1) is 7.92. The van der Waals surface area contributed by atoms with Crippen molar-refractivity contribution in [2.75, 3.05) is 0 Å². The van der Waals surface area contributed by atoms with Crippen molar-refractivity contribution in [1.29, 1.82) is 0 Å². The number of halogens is 3. The van der Waals surface area contributed by atoms with Gasteiger partial charge in [-0.25, -0.2) is 0 Å². The Morgan fingerprint density at radius 3 is 2.65 bits per heavy atom. The zero-order valence-corrected chi connectivity index (χ0v) is 9.59. The van der Waals surface area contributed by atoms with E-state index in [4.69, 9.17) is 5.84 Å². The summed E-state index contributed by atoms with van der Waals surface area (Å²) in [5.74, 6) is 5.33. The second kappa shape index (κ2) is 5.97. The normalized spacial score (nSPS) is 13.7. The molecule has 0 aliphatic rings. The van der Waals surface area contributed by atoms with Gasteiger partial charge in [0, 0.05) is 12.1 Å². The smallest absolute Gasteiger partial charge is 0.271 e. The molecule has 1 rings (SSSR count). The number of hydrazine groups is 1. The van der Waals surface area contributed by atoms with E-state index in [0.717, 1.165) is 5.69 Å². The third-order valence-electron chi connectivity index (χ3n) is 2.42. The molecule has 3 N–H and O–H groups in total. The van der Waals surface area contributed by atoms with Crippen LogP contribution in [0.5, 0.6) is 0 Å². The zero-order valence-electron chi connectivity index (χ0n) is 9.59. The molecule has 1 aromatic rings. The molecule has 0 amide bonds. The van der Waals surface area contributed by atoms with E-state index in [1.165, 1.54) is 0 Å². The van der Waals surface area contributed by atoms with E-state index in [1.807, 2.05) is 19.1 Å². The van der Waals surface area contributed by atoms with Gasteiger partial charge >= 0.3 is 6.18 Å². The van der Waals surface area contributed by atoms with Crippen LogP contribution in [0.2, 0.25) is 0 Å². The molecule has 1 unspecified atom stereocenters. The highest BCUT2D eigenvalue weighted by Crippen LogP contribution is 2.25. The molecule has 1 heterocycles. The third kappa shape index (κ3) is 5.14. The first-order valence-corrected chi connectivity index (χ1v) is 5.39. The van der Waals surface area contributed by atoms with Gasteiger partial charge in [0.15, 0.2) is 0 Å². The lowest BCUT2D eigenvalue weighted by atomic mass is 10.1. The highest BCUT2D eigenvalue weighted by Gasteiger charge is 2.26. The van der Waals surface area contributed by atoms with Gasteiger partial charge in [-0.15, -0.1) is 0 Å². The SMILES string of the molecule is Cc1cccc(C(CCCC(F)(F)F)NN)n1. The zero-order chi connectivity index (χ0) is 12.9. The van der Waals surface area contributed by atoms with Crippen LogP contribution in [0.3, 0.4) is 0 Å². The predicted octanol–water partition coefficient (Wildman–Crippen LogP) is 2.63. The van der Waals surface area contributed by atoms with Gasteiger partial charge in [-0.3, -0.25) is 16.3 Å². The Balaban J connectivity index is 2.54. The lowest BCUT2D eigenvalue weighted by molar-refractivity contribution is -0.135. The van der Waals surface area contributed by atoms with Crippen LogP contribution >= 0.6 is 0 Å². The maximum absolute atomic E-state index is 12.0. The fraction of sp³-hybridized carbons (Fsp3) is 0.545. The Morgan fingerprint density at radius 2 is 2.12 bits per heavy atom. The van der Waals surface area contributed by atoms with Crippen molar-refractivity contribution in [3.8, 4) is 0 Å². The molecule has 0 aliphatic heterocycles. The summed E-state index contributed by atoms with van der Waals surface area (Å²) in [6.07, 6.45) is -4.56. The van der Waals surface area contributed by atoms with Crippen LogP contribution in [0.1, 0.15) is 36.7 Å². The van der Waals surface area contributed by atoms with E-state index in [-0.39, 0.29) is 12.5 Å². The molecule has 3 nitrogen and oxygen atoms in total. The maximum Gasteiger partial charge on any atom is 0.389 e. The molecule has 1 atom stereocenters. The molecule has 0 bridgehead atoms. The van der Waals surface area contributed by atoms with Gasteiger partial charge in [0.2, 0.25) is 0 Å². The second-order valence-corrected chi connectivity index (χ2v) is 3.93. The van der Waals surface area contributed by atoms with Gasteiger partial charge in [0.25, 0.3) is 0 Å². The Labute approximate surface area is 98.2 Å². The molecule has 6 heteroatoms. The van der Waals surface area contributed by atoms with Crippen molar-refractivity contribution < 1.29 is 13.2 Å². The minimum absolute atomic E-state index is 0.0357. The second-order valence-electron chi connectivity index (χ2n) is 3.93. The van der Waals surface area contributed by atoms with Crippen LogP contribution in [0.25, 0.3) is 0 Å². The van der Waals surface area contributed by atoms with Gasteiger partial charge in [0.05, 0.1) is 11.7 Å². The van der Waals surface area contributed by atoms with E-state index in [9.17, 15) is 13.2 Å². The summed E-state index contributed by atoms with van der Waals surface area (Å²) in [4.78, 5) is 4.24. The number of pyridine rings is 1. The summed E-state index contributed by atoms with van der Waals surface area (Å²) in [5.41, 5.74) is 4.00. The van der Waals surface area contributed by atoms with Crippen LogP contribution in [-0.2, 0) is 0 Å². The van der Waals surface area contributed by atoms with Crippen LogP contribution in [0.15, 0.2) is 18.2 Å². The molecular formula is C11H16F3N3. The Hall–Kier alpha value is -1.14. The number of hydrogen-bond acceptors (Lipinski definition) is 3. The molecule has 96 valence electrons. The number of nitrogens with zero attached hydrogens (tertiary/aromatic N) is 1. The average Bonchev–Trinajstić information content (AvgIpc) is 2.23. The van der Waals surface area contributed by atoms with Gasteiger partial charge < -0.3 is 0 Å². The minimum atomic E-state index is -4.11. The van der Waals surface area contributed by atoms with E-state index in [0.29, 0.717) is 12.1 Å². The summed E-state index contributed by atoms with van der Waals surface area (Å²) >= 11 is 0. The third-order valence-corrected chi connectivity index (χ3v) is 2.42. The molecule has 17 heavy (non-hydrogen) atoms. The number of aryl methyl sites for hydroxylation is 1. The molecule has 0 saturated heterocycles. The highest BCUT2D eigenvalue weighted by molar-refractivity contribution is 5.13. The number of nitrogens with one attached hydrogen (secondary N) is 1. The molecule has 0 radical (unpaired) electrons. The first kappa shape index (κ1) is 13.9. The first-order valence-electron chi connectivity index (χ1n) is 5.39. The largest absolute Gasteiger partial charge is 0.389 e. The summed E-state index contributed by atoms with van der Waals surface area (Å²) in [6.45, 7) is 1.83. The monoisotopic (exact) mass is 247 g/mol. The van der Waals surface area contributed by atoms with Crippen LogP contribution in [-0.4, -0.2) is 11.2 Å². The molecule has 0 spiro atoms. The fourth-order valence-corrected chi connectivity index (χ4v) is 1.58. The van der Waals surface area contributed by atoms with Crippen molar-refractivity contribution >= 4 is 0 Å². The quantitative estimate of drug-likeness (QED) is 0.621. The summed E-state index contributed by atoms with van der Waals surface area (Å²) in [6, 6.07) is 5.06. The summed E-state index contributed by atoms with van der Waals surface area (Å²) < 4.78 is 36.0. The van der Waals surface area contributed by atoms with E-state index in [2.05, 4.69) is 10.4 Å². The van der Waals surface area contributed by atoms with Crippen LogP contribution in [0.4, 0.5) is 13.2 Å². The minimum Gasteiger partial charge on any atom is -0.271 e. The van der Waals surface area contributed by atoms with Gasteiger partial charge in [-0.05, 0) is 31.9 Å². The molecule has 0 saturated carbocycles.